The monoisotopic (exact) mass is 616 g/mol. The summed E-state index contributed by atoms with van der Waals surface area (Å²) in [5.74, 6) is 0.680. The van der Waals surface area contributed by atoms with Crippen molar-refractivity contribution in [3.63, 3.8) is 0 Å². The molecule has 12 nitrogen and oxygen atoms in total. The van der Waals surface area contributed by atoms with Gasteiger partial charge in [0.15, 0.2) is 18.1 Å². The Bertz CT molecular complexity index is 1530. The van der Waals surface area contributed by atoms with Crippen molar-refractivity contribution in [3.8, 4) is 17.2 Å². The number of carboxylic acid groups (broad SMARTS) is 1. The first-order valence-corrected chi connectivity index (χ1v) is 14.7. The fourth-order valence-corrected chi connectivity index (χ4v) is 5.65. The van der Waals surface area contributed by atoms with Crippen LogP contribution in [-0.4, -0.2) is 91.1 Å². The van der Waals surface area contributed by atoms with E-state index in [2.05, 4.69) is 33.7 Å². The van der Waals surface area contributed by atoms with Crippen molar-refractivity contribution in [2.45, 2.75) is 31.7 Å². The van der Waals surface area contributed by atoms with Crippen molar-refractivity contribution in [2.24, 2.45) is 0 Å². The van der Waals surface area contributed by atoms with Gasteiger partial charge in [0.05, 0.1) is 26.2 Å². The van der Waals surface area contributed by atoms with Gasteiger partial charge in [0.25, 0.3) is 18.3 Å². The molecule has 3 aromatic carbocycles. The number of amides is 3. The van der Waals surface area contributed by atoms with Crippen molar-refractivity contribution < 1.29 is 38.5 Å². The minimum Gasteiger partial charge on any atom is -0.493 e. The standard InChI is InChI=1S/C32H34N4O6.CH2O2/c1-40-27-11-8-23-14-28(27)41-20-30(37)33-15-21-6-9-25(10-7-21)42-29-18-36(17-26(29)34-32(23)39)31(38)19-35-13-12-22-4-2-3-5-24(22)16-35;2-1-3/h2-11,14,26,29H,12-13,15-20H2,1H3,(H,33,37)(H,34,39);1H,(H,2,3)/t26-,29-;/m0./s1. The zero-order valence-corrected chi connectivity index (χ0v) is 24.9. The van der Waals surface area contributed by atoms with Gasteiger partial charge in [-0.1, -0.05) is 36.4 Å². The van der Waals surface area contributed by atoms with Crippen LogP contribution in [0.25, 0.3) is 0 Å². The normalized spacial score (nSPS) is 19.6. The molecule has 4 aliphatic heterocycles. The molecule has 1 fully saturated rings. The van der Waals surface area contributed by atoms with E-state index in [0.29, 0.717) is 43.2 Å². The van der Waals surface area contributed by atoms with E-state index in [1.165, 1.54) is 18.2 Å². The molecule has 7 rings (SSSR count). The lowest BCUT2D eigenvalue weighted by atomic mass is 10.00. The lowest BCUT2D eigenvalue weighted by molar-refractivity contribution is -0.132. The van der Waals surface area contributed by atoms with Crippen molar-refractivity contribution >= 4 is 24.2 Å². The summed E-state index contributed by atoms with van der Waals surface area (Å²) in [7, 11) is 1.50. The van der Waals surface area contributed by atoms with E-state index in [1.807, 2.05) is 30.3 Å². The van der Waals surface area contributed by atoms with E-state index in [0.717, 1.165) is 25.1 Å². The number of ether oxygens (including phenoxy) is 3. The van der Waals surface area contributed by atoms with Crippen molar-refractivity contribution in [1.29, 1.82) is 0 Å². The summed E-state index contributed by atoms with van der Waals surface area (Å²) in [6.45, 7) is 2.40. The molecule has 45 heavy (non-hydrogen) atoms. The number of carbonyl (C=O) groups is 4. The van der Waals surface area contributed by atoms with Crippen LogP contribution in [0.2, 0.25) is 0 Å². The zero-order valence-electron chi connectivity index (χ0n) is 24.9. The third kappa shape index (κ3) is 7.90. The average Bonchev–Trinajstić information content (AvgIpc) is 3.45. The summed E-state index contributed by atoms with van der Waals surface area (Å²) in [5.41, 5.74) is 3.84. The van der Waals surface area contributed by atoms with Gasteiger partial charge in [0.2, 0.25) is 5.91 Å². The molecular formula is C33H36N4O8. The van der Waals surface area contributed by atoms with E-state index in [4.69, 9.17) is 24.1 Å². The van der Waals surface area contributed by atoms with Gasteiger partial charge in [-0.2, -0.15) is 0 Å². The number of likely N-dealkylation sites (tertiary alicyclic amines) is 1. The molecule has 4 aliphatic rings. The lowest BCUT2D eigenvalue weighted by Gasteiger charge is -2.29. The van der Waals surface area contributed by atoms with Crippen LogP contribution in [0.15, 0.2) is 66.7 Å². The fraction of sp³-hybridized carbons (Fsp3) is 0.333. The Morgan fingerprint density at radius 2 is 1.82 bits per heavy atom. The zero-order chi connectivity index (χ0) is 31.8. The number of rotatable bonds is 3. The summed E-state index contributed by atoms with van der Waals surface area (Å²) < 4.78 is 17.4. The molecule has 1 saturated heterocycles. The van der Waals surface area contributed by atoms with Gasteiger partial charge in [-0.15, -0.1) is 0 Å². The second-order valence-corrected chi connectivity index (χ2v) is 10.9. The van der Waals surface area contributed by atoms with Crippen LogP contribution in [0.5, 0.6) is 17.2 Å². The number of nitrogens with zero attached hydrogens (tertiary/aromatic N) is 2. The Morgan fingerprint density at radius 1 is 1.07 bits per heavy atom. The van der Waals surface area contributed by atoms with Gasteiger partial charge in [-0.3, -0.25) is 24.1 Å². The highest BCUT2D eigenvalue weighted by molar-refractivity contribution is 5.95. The molecule has 0 aliphatic carbocycles. The number of benzene rings is 3. The SMILES string of the molecule is COc1ccc2cc1OCC(=O)NCc1ccc(cc1)O[C@H]1CN(C(=O)CN3CCc4ccccc4C3)C[C@@H]1NC2=O.O=CO. The number of hydrogen-bond acceptors (Lipinski definition) is 8. The molecule has 3 aromatic rings. The average molecular weight is 617 g/mol. The molecule has 12 heteroatoms. The first-order valence-electron chi connectivity index (χ1n) is 14.7. The molecule has 0 spiro atoms. The molecule has 236 valence electrons. The maximum absolute atomic E-state index is 13.5. The molecule has 0 saturated carbocycles. The number of nitrogens with one attached hydrogen (secondary N) is 2. The summed E-state index contributed by atoms with van der Waals surface area (Å²) in [6.07, 6.45) is 0.469. The fourth-order valence-electron chi connectivity index (χ4n) is 5.65. The maximum Gasteiger partial charge on any atom is 0.290 e. The van der Waals surface area contributed by atoms with Gasteiger partial charge >= 0.3 is 0 Å². The van der Waals surface area contributed by atoms with E-state index < -0.39 is 12.1 Å². The number of carbonyl (C=O) groups excluding carboxylic acids is 3. The van der Waals surface area contributed by atoms with E-state index in [1.54, 1.807) is 23.1 Å². The smallest absolute Gasteiger partial charge is 0.290 e. The Hall–Kier alpha value is -5.10. The second-order valence-electron chi connectivity index (χ2n) is 10.9. The molecule has 3 N–H and O–H groups in total. The van der Waals surface area contributed by atoms with Crippen LogP contribution in [0, 0.1) is 0 Å². The number of methoxy groups -OCH3 is 1. The topological polar surface area (TPSA) is 147 Å². The van der Waals surface area contributed by atoms with Gasteiger partial charge in [-0.05, 0) is 53.4 Å². The Balaban J connectivity index is 0.00000128. The highest BCUT2D eigenvalue weighted by atomic mass is 16.5. The maximum atomic E-state index is 13.5. The summed E-state index contributed by atoms with van der Waals surface area (Å²) in [4.78, 5) is 51.6. The van der Waals surface area contributed by atoms with E-state index in [9.17, 15) is 14.4 Å². The Morgan fingerprint density at radius 3 is 2.58 bits per heavy atom. The summed E-state index contributed by atoms with van der Waals surface area (Å²) >= 11 is 0. The van der Waals surface area contributed by atoms with Crippen molar-refractivity contribution in [1.82, 2.24) is 20.4 Å². The van der Waals surface area contributed by atoms with Gasteiger partial charge in [-0.25, -0.2) is 0 Å². The Labute approximate surface area is 260 Å². The highest BCUT2D eigenvalue weighted by Crippen LogP contribution is 2.29. The van der Waals surface area contributed by atoms with Crippen LogP contribution < -0.4 is 24.8 Å². The van der Waals surface area contributed by atoms with Crippen LogP contribution in [-0.2, 0) is 33.9 Å². The Kier molecular flexibility index (Phi) is 10.2. The van der Waals surface area contributed by atoms with Crippen LogP contribution in [0.1, 0.15) is 27.0 Å². The summed E-state index contributed by atoms with van der Waals surface area (Å²) in [6, 6.07) is 20.2. The van der Waals surface area contributed by atoms with Gasteiger partial charge < -0.3 is 34.9 Å². The van der Waals surface area contributed by atoms with Crippen molar-refractivity contribution in [2.75, 3.05) is 39.9 Å². The number of hydrogen-bond donors (Lipinski definition) is 3. The van der Waals surface area contributed by atoms with Crippen LogP contribution in [0.3, 0.4) is 0 Å². The quantitative estimate of drug-likeness (QED) is 0.375. The minimum absolute atomic E-state index is 0.00750. The molecule has 4 heterocycles. The predicted octanol–water partition coefficient (Wildman–Crippen LogP) is 1.85. The first-order chi connectivity index (χ1) is 21.9. The van der Waals surface area contributed by atoms with Crippen LogP contribution >= 0.6 is 0 Å². The molecule has 0 unspecified atom stereocenters. The molecular weight excluding hydrogens is 580 g/mol. The molecule has 2 atom stereocenters. The third-order valence-corrected chi connectivity index (χ3v) is 7.99. The van der Waals surface area contributed by atoms with E-state index in [-0.39, 0.29) is 36.6 Å². The third-order valence-electron chi connectivity index (χ3n) is 7.99. The van der Waals surface area contributed by atoms with E-state index >= 15 is 0 Å². The molecule has 0 aromatic heterocycles. The molecule has 4 bridgehead atoms. The second kappa shape index (κ2) is 14.6. The summed E-state index contributed by atoms with van der Waals surface area (Å²) in [5, 5.41) is 12.8. The number of fused-ring (bicyclic) bond motifs is 8. The molecule has 0 radical (unpaired) electrons. The minimum atomic E-state index is -0.449. The van der Waals surface area contributed by atoms with Crippen molar-refractivity contribution in [3.05, 3.63) is 89.0 Å². The first kappa shape index (κ1) is 31.3. The lowest BCUT2D eigenvalue weighted by Crippen LogP contribution is -2.45. The predicted molar refractivity (Wildman–Crippen MR) is 163 cm³/mol. The van der Waals surface area contributed by atoms with Gasteiger partial charge in [0, 0.05) is 31.7 Å². The molecule has 3 amide bonds. The van der Waals surface area contributed by atoms with Gasteiger partial charge in [0.1, 0.15) is 11.9 Å². The largest absolute Gasteiger partial charge is 0.493 e. The highest BCUT2D eigenvalue weighted by Gasteiger charge is 2.38. The van der Waals surface area contributed by atoms with Crippen LogP contribution in [0.4, 0.5) is 0 Å².